The lowest BCUT2D eigenvalue weighted by atomic mass is 9.91. The van der Waals surface area contributed by atoms with Crippen LogP contribution in [0, 0.1) is 12.8 Å². The van der Waals surface area contributed by atoms with Crippen molar-refractivity contribution in [2.24, 2.45) is 13.0 Å². The van der Waals surface area contributed by atoms with Crippen LogP contribution in [-0.2, 0) is 21.4 Å². The first-order valence-corrected chi connectivity index (χ1v) is 11.4. The monoisotopic (exact) mass is 449 g/mol. The molecule has 4 heterocycles. The van der Waals surface area contributed by atoms with Crippen LogP contribution in [0.2, 0.25) is 0 Å². The molecule has 0 unspecified atom stereocenters. The molecule has 2 aliphatic rings. The Labute approximate surface area is 189 Å². The predicted molar refractivity (Wildman–Crippen MR) is 123 cm³/mol. The maximum atomic E-state index is 13.1. The zero-order valence-corrected chi connectivity index (χ0v) is 18.6. The van der Waals surface area contributed by atoms with Gasteiger partial charge in [0.05, 0.1) is 5.92 Å². The molecule has 1 fully saturated rings. The first-order valence-electron chi connectivity index (χ1n) is 10.5. The van der Waals surface area contributed by atoms with Gasteiger partial charge in [0.25, 0.3) is 0 Å². The molecule has 0 saturated carbocycles. The van der Waals surface area contributed by atoms with E-state index in [-0.39, 0.29) is 30.1 Å². The average Bonchev–Trinajstić information content (AvgIpc) is 3.49. The summed E-state index contributed by atoms with van der Waals surface area (Å²) in [7, 11) is 1.74. The topological polar surface area (TPSA) is 96.3 Å². The lowest BCUT2D eigenvalue weighted by Gasteiger charge is -2.23. The van der Waals surface area contributed by atoms with Gasteiger partial charge in [0.2, 0.25) is 17.7 Å². The third-order valence-corrected chi connectivity index (χ3v) is 7.04. The van der Waals surface area contributed by atoms with Crippen molar-refractivity contribution in [3.63, 3.8) is 0 Å². The normalized spacial score (nSPS) is 20.2. The van der Waals surface area contributed by atoms with E-state index in [0.29, 0.717) is 24.6 Å². The van der Waals surface area contributed by atoms with E-state index in [0.717, 1.165) is 21.7 Å². The smallest absolute Gasteiger partial charge is 0.231 e. The Morgan fingerprint density at radius 1 is 1.19 bits per heavy atom. The second kappa shape index (κ2) is 7.90. The molecule has 0 aliphatic carbocycles. The molecule has 9 heteroatoms. The Kier molecular flexibility index (Phi) is 5.05. The fourth-order valence-electron chi connectivity index (χ4n) is 4.39. The van der Waals surface area contributed by atoms with E-state index >= 15 is 0 Å². The summed E-state index contributed by atoms with van der Waals surface area (Å²) >= 11 is 1.58. The van der Waals surface area contributed by atoms with Crippen molar-refractivity contribution in [1.29, 1.82) is 0 Å². The number of fused-ring (bicyclic) bond motifs is 1. The van der Waals surface area contributed by atoms with Gasteiger partial charge in [-0.1, -0.05) is 23.8 Å². The summed E-state index contributed by atoms with van der Waals surface area (Å²) in [5, 5.41) is 12.3. The minimum Gasteiger partial charge on any atom is -0.312 e. The van der Waals surface area contributed by atoms with Crippen molar-refractivity contribution in [2.45, 2.75) is 25.7 Å². The second-order valence-electron chi connectivity index (χ2n) is 8.28. The summed E-state index contributed by atoms with van der Waals surface area (Å²) in [4.78, 5) is 40.7. The van der Waals surface area contributed by atoms with Gasteiger partial charge in [-0.3, -0.25) is 19.1 Å². The number of aryl methyl sites for hydroxylation is 2. The highest BCUT2D eigenvalue weighted by Gasteiger charge is 2.38. The number of benzene rings is 1. The lowest BCUT2D eigenvalue weighted by Crippen LogP contribution is -2.29. The van der Waals surface area contributed by atoms with Gasteiger partial charge in [-0.15, -0.1) is 11.3 Å². The molecule has 164 valence electrons. The lowest BCUT2D eigenvalue weighted by molar-refractivity contribution is -0.122. The van der Waals surface area contributed by atoms with Gasteiger partial charge in [-0.2, -0.15) is 5.10 Å². The second-order valence-corrected chi connectivity index (χ2v) is 9.26. The summed E-state index contributed by atoms with van der Waals surface area (Å²) in [6.07, 6.45) is 0.449. The van der Waals surface area contributed by atoms with E-state index in [1.54, 1.807) is 28.0 Å². The first-order chi connectivity index (χ1) is 15.4. The summed E-state index contributed by atoms with van der Waals surface area (Å²) in [5.74, 6) is 0.00564. The first kappa shape index (κ1) is 20.4. The molecule has 2 aliphatic heterocycles. The van der Waals surface area contributed by atoms with E-state index in [1.165, 1.54) is 0 Å². The molecule has 3 aromatic rings. The molecular formula is C23H23N5O3S. The molecule has 32 heavy (non-hydrogen) atoms. The van der Waals surface area contributed by atoms with Gasteiger partial charge in [-0.05, 0) is 30.5 Å². The summed E-state index contributed by atoms with van der Waals surface area (Å²) in [5.41, 5.74) is 2.72. The molecule has 2 N–H and O–H groups in total. The largest absolute Gasteiger partial charge is 0.312 e. The van der Waals surface area contributed by atoms with E-state index < -0.39 is 5.92 Å². The number of hydrogen-bond donors (Lipinski definition) is 2. The number of rotatable bonds is 4. The van der Waals surface area contributed by atoms with E-state index in [2.05, 4.69) is 15.7 Å². The number of carbonyl (C=O) groups is 3. The Morgan fingerprint density at radius 3 is 2.69 bits per heavy atom. The Bertz CT molecular complexity index is 1200. The van der Waals surface area contributed by atoms with Crippen LogP contribution in [0.3, 0.4) is 0 Å². The Morgan fingerprint density at radius 2 is 1.97 bits per heavy atom. The number of carbonyl (C=O) groups excluding carboxylic acids is 3. The number of nitrogens with zero attached hydrogens (tertiary/aromatic N) is 3. The third-order valence-electron chi connectivity index (χ3n) is 6.05. The molecule has 5 rings (SSSR count). The summed E-state index contributed by atoms with van der Waals surface area (Å²) in [6, 6.07) is 11.6. The molecule has 0 bridgehead atoms. The van der Waals surface area contributed by atoms with E-state index in [9.17, 15) is 14.4 Å². The van der Waals surface area contributed by atoms with Crippen LogP contribution >= 0.6 is 11.3 Å². The minimum absolute atomic E-state index is 0.0687. The van der Waals surface area contributed by atoms with Crippen LogP contribution in [0.4, 0.5) is 17.3 Å². The molecule has 1 saturated heterocycles. The van der Waals surface area contributed by atoms with E-state index in [1.807, 2.05) is 48.7 Å². The van der Waals surface area contributed by atoms with Crippen molar-refractivity contribution < 1.29 is 14.4 Å². The Hall–Kier alpha value is -3.46. The standard InChI is InChI=1S/C23H23N5O3S/c1-13-5-7-15(8-6-13)28-12-14(10-19(28)30)23(31)25-21-20-16(17-4-3-9-32-17)11-18(29)24-22(20)27(2)26-21/h3-9,14,16H,10-12H2,1-2H3,(H,24,29)(H,25,26,31)/t14-,16-/m1/s1. The minimum atomic E-state index is -0.472. The average molecular weight is 450 g/mol. The fraction of sp³-hybridized carbons (Fsp3) is 0.304. The summed E-state index contributed by atoms with van der Waals surface area (Å²) in [6.45, 7) is 2.32. The SMILES string of the molecule is Cc1ccc(N2C[C@H](C(=O)Nc3nn(C)c4c3[C@@H](c3cccs3)CC(=O)N4)CC2=O)cc1. The molecule has 0 radical (unpaired) electrons. The zero-order valence-electron chi connectivity index (χ0n) is 17.8. The quantitative estimate of drug-likeness (QED) is 0.639. The number of aromatic nitrogens is 2. The van der Waals surface area contributed by atoms with Gasteiger partial charge in [0, 0.05) is 48.5 Å². The van der Waals surface area contributed by atoms with Gasteiger partial charge < -0.3 is 15.5 Å². The van der Waals surface area contributed by atoms with Crippen LogP contribution in [0.15, 0.2) is 41.8 Å². The molecule has 2 aromatic heterocycles. The highest BCUT2D eigenvalue weighted by molar-refractivity contribution is 7.10. The van der Waals surface area contributed by atoms with Gasteiger partial charge in [-0.25, -0.2) is 0 Å². The van der Waals surface area contributed by atoms with Crippen LogP contribution in [0.25, 0.3) is 0 Å². The molecular weight excluding hydrogens is 426 g/mol. The molecule has 8 nitrogen and oxygen atoms in total. The van der Waals surface area contributed by atoms with Crippen LogP contribution in [0.5, 0.6) is 0 Å². The number of hydrogen-bond acceptors (Lipinski definition) is 5. The van der Waals surface area contributed by atoms with Crippen LogP contribution < -0.4 is 15.5 Å². The number of thiophene rings is 1. The number of nitrogens with one attached hydrogen (secondary N) is 2. The van der Waals surface area contributed by atoms with Crippen molar-refractivity contribution in [2.75, 3.05) is 22.1 Å². The number of amides is 3. The molecule has 3 amide bonds. The Balaban J connectivity index is 1.39. The highest BCUT2D eigenvalue weighted by Crippen LogP contribution is 2.43. The van der Waals surface area contributed by atoms with Gasteiger partial charge >= 0.3 is 0 Å². The van der Waals surface area contributed by atoms with Crippen molar-refractivity contribution >= 4 is 46.4 Å². The van der Waals surface area contributed by atoms with Crippen molar-refractivity contribution in [3.8, 4) is 0 Å². The van der Waals surface area contributed by atoms with Gasteiger partial charge in [0.1, 0.15) is 5.82 Å². The predicted octanol–water partition coefficient (Wildman–Crippen LogP) is 3.26. The summed E-state index contributed by atoms with van der Waals surface area (Å²) < 4.78 is 1.58. The van der Waals surface area contributed by atoms with Gasteiger partial charge in [0.15, 0.2) is 5.82 Å². The van der Waals surface area contributed by atoms with Crippen LogP contribution in [0.1, 0.15) is 34.8 Å². The zero-order chi connectivity index (χ0) is 22.4. The highest BCUT2D eigenvalue weighted by atomic mass is 32.1. The molecule has 0 spiro atoms. The van der Waals surface area contributed by atoms with Crippen molar-refractivity contribution in [3.05, 3.63) is 57.8 Å². The third kappa shape index (κ3) is 3.58. The van der Waals surface area contributed by atoms with E-state index in [4.69, 9.17) is 0 Å². The maximum absolute atomic E-state index is 13.1. The number of anilines is 3. The fourth-order valence-corrected chi connectivity index (χ4v) is 5.23. The molecule has 1 aromatic carbocycles. The molecule has 2 atom stereocenters. The maximum Gasteiger partial charge on any atom is 0.231 e. The van der Waals surface area contributed by atoms with Crippen LogP contribution in [-0.4, -0.2) is 34.0 Å². The van der Waals surface area contributed by atoms with Crippen molar-refractivity contribution in [1.82, 2.24) is 9.78 Å².